The molecule has 0 aliphatic heterocycles. The molecule has 0 aliphatic rings. The number of benzene rings is 1. The number of aliphatic hydroxyl groups is 1. The van der Waals surface area contributed by atoms with E-state index in [9.17, 15) is 9.50 Å². The highest BCUT2D eigenvalue weighted by Gasteiger charge is 2.24. The number of aliphatic hydroxyl groups excluding tert-OH is 1. The van der Waals surface area contributed by atoms with E-state index in [0.717, 1.165) is 5.56 Å². The molecule has 0 aromatic heterocycles. The number of hydrogen-bond acceptors (Lipinski definition) is 1. The van der Waals surface area contributed by atoms with E-state index in [1.807, 2.05) is 20.8 Å². The normalized spacial score (nSPS) is 14.1. The smallest absolute Gasteiger partial charge is 0.137 e. The molecule has 0 aliphatic carbocycles. The van der Waals surface area contributed by atoms with Gasteiger partial charge in [0.15, 0.2) is 0 Å². The maximum atomic E-state index is 12.9. The summed E-state index contributed by atoms with van der Waals surface area (Å²) < 4.78 is 13.3. The van der Waals surface area contributed by atoms with Gasteiger partial charge in [0.1, 0.15) is 5.82 Å². The summed E-state index contributed by atoms with van der Waals surface area (Å²) in [5, 5.41) is 9.93. The van der Waals surface area contributed by atoms with Crippen molar-refractivity contribution in [1.82, 2.24) is 0 Å². The van der Waals surface area contributed by atoms with Crippen LogP contribution in [-0.4, -0.2) is 5.11 Å². The van der Waals surface area contributed by atoms with Gasteiger partial charge in [-0.05, 0) is 39.0 Å². The van der Waals surface area contributed by atoms with Gasteiger partial charge in [0.05, 0.1) is 10.6 Å². The molecule has 14 heavy (non-hydrogen) atoms. The van der Waals surface area contributed by atoms with Gasteiger partial charge >= 0.3 is 0 Å². The van der Waals surface area contributed by atoms with Gasteiger partial charge in [-0.3, -0.25) is 0 Å². The molecule has 0 bridgehead atoms. The van der Waals surface area contributed by atoms with Crippen LogP contribution in [0.3, 0.4) is 0 Å². The zero-order valence-electron chi connectivity index (χ0n) is 8.51. The molecule has 78 valence electrons. The van der Waals surface area contributed by atoms with E-state index in [2.05, 4.69) is 15.9 Å². The Hall–Kier alpha value is -0.410. The van der Waals surface area contributed by atoms with Crippen LogP contribution in [0.5, 0.6) is 0 Å². The molecule has 0 fully saturated rings. The Morgan fingerprint density at radius 3 is 2.36 bits per heavy atom. The molecular formula is C11H14BrFO. The van der Waals surface area contributed by atoms with Crippen molar-refractivity contribution in [2.75, 3.05) is 0 Å². The maximum Gasteiger partial charge on any atom is 0.137 e. The van der Waals surface area contributed by atoms with Crippen molar-refractivity contribution in [3.05, 3.63) is 34.1 Å². The zero-order valence-corrected chi connectivity index (χ0v) is 10.1. The van der Waals surface area contributed by atoms with Gasteiger partial charge in [-0.25, -0.2) is 4.39 Å². The van der Waals surface area contributed by atoms with E-state index in [4.69, 9.17) is 0 Å². The summed E-state index contributed by atoms with van der Waals surface area (Å²) in [5.74, 6) is -0.310. The quantitative estimate of drug-likeness (QED) is 0.817. The van der Waals surface area contributed by atoms with E-state index in [0.29, 0.717) is 4.47 Å². The van der Waals surface area contributed by atoms with Crippen molar-refractivity contribution in [2.45, 2.75) is 26.9 Å². The highest BCUT2D eigenvalue weighted by Crippen LogP contribution is 2.33. The Kier molecular flexibility index (Phi) is 3.32. The Labute approximate surface area is 92.1 Å². The fraction of sp³-hybridized carbons (Fsp3) is 0.455. The van der Waals surface area contributed by atoms with Gasteiger partial charge in [-0.2, -0.15) is 0 Å². The van der Waals surface area contributed by atoms with Gasteiger partial charge in [-0.1, -0.05) is 26.8 Å². The van der Waals surface area contributed by atoms with Crippen LogP contribution in [0.4, 0.5) is 4.39 Å². The summed E-state index contributed by atoms with van der Waals surface area (Å²) in [7, 11) is 0. The molecule has 3 heteroatoms. The second-order valence-electron chi connectivity index (χ2n) is 4.44. The minimum atomic E-state index is -0.584. The molecule has 0 radical (unpaired) electrons. The first-order chi connectivity index (χ1) is 6.32. The summed E-state index contributed by atoms with van der Waals surface area (Å²) in [6.45, 7) is 5.82. The SMILES string of the molecule is CC(C)(C)C(O)c1ccc(F)c(Br)c1. The maximum absolute atomic E-state index is 12.9. The first-order valence-electron chi connectivity index (χ1n) is 4.45. The first-order valence-corrected chi connectivity index (χ1v) is 5.24. The summed E-state index contributed by atoms with van der Waals surface area (Å²) >= 11 is 3.09. The second kappa shape index (κ2) is 3.99. The average molecular weight is 261 g/mol. The molecule has 1 unspecified atom stereocenters. The third kappa shape index (κ3) is 2.55. The molecule has 1 atom stereocenters. The van der Waals surface area contributed by atoms with E-state index in [1.54, 1.807) is 12.1 Å². The molecule has 1 aromatic rings. The molecule has 0 amide bonds. The monoisotopic (exact) mass is 260 g/mol. The van der Waals surface area contributed by atoms with E-state index in [1.165, 1.54) is 6.07 Å². The summed E-state index contributed by atoms with van der Waals surface area (Å²) in [4.78, 5) is 0. The van der Waals surface area contributed by atoms with Crippen LogP contribution in [-0.2, 0) is 0 Å². The lowest BCUT2D eigenvalue weighted by molar-refractivity contribution is 0.0625. The molecular weight excluding hydrogens is 247 g/mol. The van der Waals surface area contributed by atoms with Crippen LogP contribution in [0.15, 0.2) is 22.7 Å². The highest BCUT2D eigenvalue weighted by molar-refractivity contribution is 9.10. The Balaban J connectivity index is 3.03. The Morgan fingerprint density at radius 1 is 1.36 bits per heavy atom. The number of hydrogen-bond donors (Lipinski definition) is 1. The minimum absolute atomic E-state index is 0.239. The summed E-state index contributed by atoms with van der Waals surface area (Å²) in [6.07, 6.45) is -0.584. The molecule has 1 rings (SSSR count). The first kappa shape index (κ1) is 11.7. The lowest BCUT2D eigenvalue weighted by Gasteiger charge is -2.26. The van der Waals surface area contributed by atoms with Gasteiger partial charge in [0, 0.05) is 0 Å². The molecule has 0 heterocycles. The van der Waals surface area contributed by atoms with Crippen LogP contribution in [0.2, 0.25) is 0 Å². The number of halogens is 2. The minimum Gasteiger partial charge on any atom is -0.388 e. The van der Waals surface area contributed by atoms with Gasteiger partial charge < -0.3 is 5.11 Å². The molecule has 0 saturated carbocycles. The number of rotatable bonds is 1. The van der Waals surface area contributed by atoms with E-state index < -0.39 is 6.10 Å². The van der Waals surface area contributed by atoms with Crippen LogP contribution in [0.25, 0.3) is 0 Å². The van der Waals surface area contributed by atoms with Crippen molar-refractivity contribution < 1.29 is 9.50 Å². The lowest BCUT2D eigenvalue weighted by atomic mass is 9.85. The largest absolute Gasteiger partial charge is 0.388 e. The van der Waals surface area contributed by atoms with Gasteiger partial charge in [-0.15, -0.1) is 0 Å². The third-order valence-corrected chi connectivity index (χ3v) is 2.69. The van der Waals surface area contributed by atoms with Gasteiger partial charge in [0.25, 0.3) is 0 Å². The van der Waals surface area contributed by atoms with Crippen LogP contribution in [0, 0.1) is 11.2 Å². The predicted octanol–water partition coefficient (Wildman–Crippen LogP) is 3.67. The highest BCUT2D eigenvalue weighted by atomic mass is 79.9. The van der Waals surface area contributed by atoms with Crippen LogP contribution in [0.1, 0.15) is 32.4 Å². The van der Waals surface area contributed by atoms with Crippen LogP contribution < -0.4 is 0 Å². The molecule has 0 saturated heterocycles. The predicted molar refractivity (Wildman–Crippen MR) is 58.5 cm³/mol. The average Bonchev–Trinajstić information content (AvgIpc) is 2.07. The van der Waals surface area contributed by atoms with Crippen molar-refractivity contribution >= 4 is 15.9 Å². The fourth-order valence-corrected chi connectivity index (χ4v) is 1.58. The van der Waals surface area contributed by atoms with Crippen molar-refractivity contribution in [2.24, 2.45) is 5.41 Å². The lowest BCUT2D eigenvalue weighted by Crippen LogP contribution is -2.17. The zero-order chi connectivity index (χ0) is 10.9. The third-order valence-electron chi connectivity index (χ3n) is 2.08. The summed E-state index contributed by atoms with van der Waals surface area (Å²) in [6, 6.07) is 4.58. The standard InChI is InChI=1S/C11H14BrFO/c1-11(2,3)10(14)7-4-5-9(13)8(12)6-7/h4-6,10,14H,1-3H3. The Bertz CT molecular complexity index is 331. The molecule has 1 aromatic carbocycles. The van der Waals surface area contributed by atoms with Crippen molar-refractivity contribution in [1.29, 1.82) is 0 Å². The van der Waals surface area contributed by atoms with E-state index >= 15 is 0 Å². The van der Waals surface area contributed by atoms with Crippen molar-refractivity contribution in [3.8, 4) is 0 Å². The fourth-order valence-electron chi connectivity index (χ4n) is 1.18. The molecule has 1 nitrogen and oxygen atoms in total. The topological polar surface area (TPSA) is 20.2 Å². The van der Waals surface area contributed by atoms with Crippen molar-refractivity contribution in [3.63, 3.8) is 0 Å². The van der Waals surface area contributed by atoms with E-state index in [-0.39, 0.29) is 11.2 Å². The second-order valence-corrected chi connectivity index (χ2v) is 5.30. The van der Waals surface area contributed by atoms with Crippen LogP contribution >= 0.6 is 15.9 Å². The summed E-state index contributed by atoms with van der Waals surface area (Å²) in [5.41, 5.74) is 0.489. The Morgan fingerprint density at radius 2 is 1.93 bits per heavy atom. The molecule has 1 N–H and O–H groups in total. The molecule has 0 spiro atoms. The van der Waals surface area contributed by atoms with Gasteiger partial charge in [0.2, 0.25) is 0 Å².